The van der Waals surface area contributed by atoms with Crippen molar-refractivity contribution in [2.24, 2.45) is 0 Å². The van der Waals surface area contributed by atoms with Crippen molar-refractivity contribution in [2.45, 2.75) is 12.8 Å². The molecule has 5 heteroatoms. The van der Waals surface area contributed by atoms with Crippen LogP contribution in [-0.4, -0.2) is 54.4 Å². The largest absolute Gasteiger partial charge is 0.508 e. The molecule has 0 bridgehead atoms. The van der Waals surface area contributed by atoms with Gasteiger partial charge in [-0.15, -0.1) is 0 Å². The molecule has 0 aromatic heterocycles. The number of ether oxygens (including phenoxy) is 1. The Morgan fingerprint density at radius 1 is 0.683 bits per heavy atom. The van der Waals surface area contributed by atoms with E-state index in [1.165, 1.54) is 16.8 Å². The molecule has 5 aromatic carbocycles. The number of benzene rings is 5. The van der Waals surface area contributed by atoms with E-state index < -0.39 is 0 Å². The predicted molar refractivity (Wildman–Crippen MR) is 167 cm³/mol. The van der Waals surface area contributed by atoms with Gasteiger partial charge in [0.2, 0.25) is 0 Å². The predicted octanol–water partition coefficient (Wildman–Crippen LogP) is 7.10. The molecule has 0 aliphatic carbocycles. The maximum Gasteiger partial charge on any atom is 0.119 e. The van der Waals surface area contributed by atoms with Gasteiger partial charge in [0.25, 0.3) is 0 Å². The third-order valence-electron chi connectivity index (χ3n) is 7.98. The fourth-order valence-corrected chi connectivity index (χ4v) is 5.74. The first-order valence-corrected chi connectivity index (χ1v) is 14.4. The molecule has 0 saturated carbocycles. The number of hydrogen-bond acceptors (Lipinski definition) is 5. The fraction of sp³-hybridized carbons (Fsp3) is 0.222. The summed E-state index contributed by atoms with van der Waals surface area (Å²) in [5.41, 5.74) is 5.86. The first-order chi connectivity index (χ1) is 20.1. The molecule has 1 aliphatic rings. The normalized spacial score (nSPS) is 13.9. The highest BCUT2D eigenvalue weighted by Gasteiger charge is 2.17. The van der Waals surface area contributed by atoms with Gasteiger partial charge in [-0.05, 0) is 94.4 Å². The number of hydrogen-bond donors (Lipinski definition) is 2. The summed E-state index contributed by atoms with van der Waals surface area (Å²) in [6.07, 6.45) is 1.75. The minimum absolute atomic E-state index is 0.252. The van der Waals surface area contributed by atoms with Crippen LogP contribution in [0.4, 0.5) is 5.69 Å². The minimum Gasteiger partial charge on any atom is -0.508 e. The number of para-hydroxylation sites is 1. The molecule has 0 radical (unpaired) electrons. The Kier molecular flexibility index (Phi) is 8.06. The van der Waals surface area contributed by atoms with E-state index in [9.17, 15) is 10.2 Å². The number of aromatic hydroxyl groups is 2. The summed E-state index contributed by atoms with van der Waals surface area (Å²) in [4.78, 5) is 4.99. The number of fused-ring (bicyclic) bond motifs is 1. The van der Waals surface area contributed by atoms with Crippen molar-refractivity contribution in [1.29, 1.82) is 0 Å². The van der Waals surface area contributed by atoms with Crippen molar-refractivity contribution < 1.29 is 14.9 Å². The quantitative estimate of drug-likeness (QED) is 0.194. The second-order valence-electron chi connectivity index (χ2n) is 10.7. The zero-order valence-corrected chi connectivity index (χ0v) is 23.2. The van der Waals surface area contributed by atoms with E-state index in [-0.39, 0.29) is 11.5 Å². The van der Waals surface area contributed by atoms with Crippen LogP contribution in [0.15, 0.2) is 109 Å². The van der Waals surface area contributed by atoms with Gasteiger partial charge in [-0.1, -0.05) is 60.7 Å². The number of rotatable bonds is 9. The Balaban J connectivity index is 1.06. The third-order valence-corrected chi connectivity index (χ3v) is 7.98. The Hall–Kier alpha value is -4.48. The summed E-state index contributed by atoms with van der Waals surface area (Å²) in [7, 11) is 0. The van der Waals surface area contributed by atoms with Gasteiger partial charge in [0.1, 0.15) is 17.2 Å². The van der Waals surface area contributed by atoms with Crippen molar-refractivity contribution in [1.82, 2.24) is 4.90 Å². The number of anilines is 1. The second kappa shape index (κ2) is 12.4. The van der Waals surface area contributed by atoms with Crippen LogP contribution in [0.25, 0.3) is 21.9 Å². The van der Waals surface area contributed by atoms with E-state index in [0.29, 0.717) is 6.61 Å². The zero-order chi connectivity index (χ0) is 28.0. The van der Waals surface area contributed by atoms with Gasteiger partial charge >= 0.3 is 0 Å². The van der Waals surface area contributed by atoms with Gasteiger partial charge in [0, 0.05) is 38.4 Å². The van der Waals surface area contributed by atoms with Crippen molar-refractivity contribution >= 4 is 16.5 Å². The average molecular weight is 545 g/mol. The van der Waals surface area contributed by atoms with E-state index >= 15 is 0 Å². The number of phenols is 2. The summed E-state index contributed by atoms with van der Waals surface area (Å²) in [6.45, 7) is 6.07. The molecule has 2 N–H and O–H groups in total. The molecule has 1 saturated heterocycles. The Labute approximate surface area is 241 Å². The smallest absolute Gasteiger partial charge is 0.119 e. The Morgan fingerprint density at radius 2 is 1.41 bits per heavy atom. The van der Waals surface area contributed by atoms with Gasteiger partial charge < -0.3 is 19.8 Å². The summed E-state index contributed by atoms with van der Waals surface area (Å²) >= 11 is 0. The summed E-state index contributed by atoms with van der Waals surface area (Å²) in [6, 6.07) is 36.1. The molecular weight excluding hydrogens is 508 g/mol. The highest BCUT2D eigenvalue weighted by Crippen LogP contribution is 2.34. The monoisotopic (exact) mass is 544 g/mol. The molecule has 1 heterocycles. The number of nitrogens with zero attached hydrogens (tertiary/aromatic N) is 2. The fourth-order valence-electron chi connectivity index (χ4n) is 5.74. The van der Waals surface area contributed by atoms with E-state index in [0.717, 1.165) is 73.2 Å². The van der Waals surface area contributed by atoms with Crippen LogP contribution in [0, 0.1) is 0 Å². The van der Waals surface area contributed by atoms with Crippen LogP contribution in [0.3, 0.4) is 0 Å². The van der Waals surface area contributed by atoms with Crippen LogP contribution in [-0.2, 0) is 6.42 Å². The number of phenolic OH excluding ortho intramolecular Hbond substituents is 2. The van der Waals surface area contributed by atoms with E-state index in [2.05, 4.69) is 70.5 Å². The Morgan fingerprint density at radius 3 is 2.17 bits per heavy atom. The Bertz CT molecular complexity index is 1580. The van der Waals surface area contributed by atoms with Crippen LogP contribution < -0.4 is 9.64 Å². The lowest BCUT2D eigenvalue weighted by Crippen LogP contribution is -2.46. The third kappa shape index (κ3) is 6.47. The van der Waals surface area contributed by atoms with E-state index in [1.54, 1.807) is 24.3 Å². The molecule has 5 nitrogen and oxygen atoms in total. The molecule has 6 rings (SSSR count). The molecule has 5 aromatic rings. The van der Waals surface area contributed by atoms with Crippen LogP contribution >= 0.6 is 0 Å². The summed E-state index contributed by atoms with van der Waals surface area (Å²) in [5, 5.41) is 21.9. The molecule has 41 heavy (non-hydrogen) atoms. The highest BCUT2D eigenvalue weighted by atomic mass is 16.5. The van der Waals surface area contributed by atoms with Crippen molar-refractivity contribution in [3.8, 4) is 28.4 Å². The lowest BCUT2D eigenvalue weighted by Gasteiger charge is -2.36. The SMILES string of the molecule is Oc1ccc(-c2ccc3cc(O)ccc3c2Cc2ccc(OCCCN3CCN(c4ccccc4)CC3)cc2)cc1. The van der Waals surface area contributed by atoms with Crippen molar-refractivity contribution in [3.63, 3.8) is 0 Å². The van der Waals surface area contributed by atoms with Gasteiger partial charge in [0.05, 0.1) is 6.61 Å². The van der Waals surface area contributed by atoms with Gasteiger partial charge in [-0.2, -0.15) is 0 Å². The molecule has 208 valence electrons. The van der Waals surface area contributed by atoms with Gasteiger partial charge in [-0.3, -0.25) is 4.90 Å². The molecule has 0 amide bonds. The first-order valence-electron chi connectivity index (χ1n) is 14.4. The topological polar surface area (TPSA) is 56.2 Å². The standard InChI is InChI=1S/C36H36N2O3/c39-31-12-9-28(10-13-31)34-17-11-29-26-32(40)14-18-35(29)36(34)25-27-7-15-33(16-8-27)41-24-4-19-37-20-22-38(23-21-37)30-5-2-1-3-6-30/h1-3,5-18,26,39-40H,4,19-25H2. The van der Waals surface area contributed by atoms with Gasteiger partial charge in [0.15, 0.2) is 0 Å². The second-order valence-corrected chi connectivity index (χ2v) is 10.7. The summed E-state index contributed by atoms with van der Waals surface area (Å²) < 4.78 is 6.09. The maximum absolute atomic E-state index is 10.0. The molecule has 1 fully saturated rings. The first kappa shape index (κ1) is 26.7. The van der Waals surface area contributed by atoms with Crippen molar-refractivity contribution in [3.05, 3.63) is 120 Å². The summed E-state index contributed by atoms with van der Waals surface area (Å²) in [5.74, 6) is 1.41. The van der Waals surface area contributed by atoms with Crippen LogP contribution in [0.2, 0.25) is 0 Å². The minimum atomic E-state index is 0.252. The van der Waals surface area contributed by atoms with E-state index in [1.807, 2.05) is 24.3 Å². The zero-order valence-electron chi connectivity index (χ0n) is 23.2. The molecule has 1 aliphatic heterocycles. The van der Waals surface area contributed by atoms with Crippen LogP contribution in [0.5, 0.6) is 17.2 Å². The molecular formula is C36H36N2O3. The lowest BCUT2D eigenvalue weighted by atomic mass is 9.90. The maximum atomic E-state index is 10.0. The van der Waals surface area contributed by atoms with Gasteiger partial charge in [-0.25, -0.2) is 0 Å². The highest BCUT2D eigenvalue weighted by molar-refractivity contribution is 5.93. The molecule has 0 spiro atoms. The molecule has 0 unspecified atom stereocenters. The van der Waals surface area contributed by atoms with Crippen LogP contribution in [0.1, 0.15) is 17.5 Å². The van der Waals surface area contributed by atoms with E-state index in [4.69, 9.17) is 4.74 Å². The lowest BCUT2D eigenvalue weighted by molar-refractivity contribution is 0.224. The number of piperazine rings is 1. The average Bonchev–Trinajstić information content (AvgIpc) is 3.01. The van der Waals surface area contributed by atoms with Crippen molar-refractivity contribution in [2.75, 3.05) is 44.2 Å². The molecule has 0 atom stereocenters.